The number of ether oxygens (including phenoxy) is 1. The molecule has 0 aliphatic rings. The number of sulfonamides is 1. The average molecular weight is 314 g/mol. The fourth-order valence-electron chi connectivity index (χ4n) is 2.10. The highest BCUT2D eigenvalue weighted by molar-refractivity contribution is 7.89. The Bertz CT molecular complexity index is 599. The van der Waals surface area contributed by atoms with Gasteiger partial charge in [-0.1, -0.05) is 0 Å². The van der Waals surface area contributed by atoms with E-state index in [4.69, 9.17) is 9.88 Å². The van der Waals surface area contributed by atoms with Crippen molar-refractivity contribution < 1.29 is 17.9 Å². The maximum atomic E-state index is 11.9. The first kappa shape index (κ1) is 17.5. The lowest BCUT2D eigenvalue weighted by atomic mass is 10.1. The average Bonchev–Trinajstić information content (AvgIpc) is 2.37. The van der Waals surface area contributed by atoms with Gasteiger partial charge >= 0.3 is 0 Å². The number of hydrogen-bond acceptors (Lipinski definition) is 4. The second-order valence-electron chi connectivity index (χ2n) is 4.79. The van der Waals surface area contributed by atoms with Crippen LogP contribution in [0.2, 0.25) is 0 Å². The number of carbonyl (C=O) groups is 1. The highest BCUT2D eigenvalue weighted by Gasteiger charge is 2.15. The number of aryl methyl sites for hydroxylation is 2. The molecule has 2 N–H and O–H groups in total. The lowest BCUT2D eigenvalue weighted by Gasteiger charge is -2.20. The molecule has 0 aliphatic heterocycles. The minimum atomic E-state index is -3.75. The summed E-state index contributed by atoms with van der Waals surface area (Å²) in [5, 5.41) is 5.11. The van der Waals surface area contributed by atoms with Crippen LogP contribution in [0.1, 0.15) is 25.0 Å². The molecule has 21 heavy (non-hydrogen) atoms. The van der Waals surface area contributed by atoms with Gasteiger partial charge in [0.1, 0.15) is 5.75 Å². The van der Waals surface area contributed by atoms with Crippen LogP contribution in [0.3, 0.4) is 0 Å². The van der Waals surface area contributed by atoms with Crippen molar-refractivity contribution in [3.05, 3.63) is 23.3 Å². The highest BCUT2D eigenvalue weighted by atomic mass is 32.2. The Kier molecular flexibility index (Phi) is 5.74. The lowest BCUT2D eigenvalue weighted by Crippen LogP contribution is -2.34. The van der Waals surface area contributed by atoms with E-state index in [2.05, 4.69) is 0 Å². The predicted molar refractivity (Wildman–Crippen MR) is 80.7 cm³/mol. The Morgan fingerprint density at radius 1 is 1.19 bits per heavy atom. The van der Waals surface area contributed by atoms with Crippen LogP contribution < -0.4 is 9.88 Å². The summed E-state index contributed by atoms with van der Waals surface area (Å²) in [7, 11) is -3.75. The number of nitrogens with zero attached hydrogens (tertiary/aromatic N) is 1. The van der Waals surface area contributed by atoms with Crippen molar-refractivity contribution in [1.29, 1.82) is 0 Å². The van der Waals surface area contributed by atoms with Gasteiger partial charge in [0.25, 0.3) is 5.91 Å². The number of rotatable bonds is 6. The Labute approximate surface area is 125 Å². The first-order chi connectivity index (χ1) is 9.70. The van der Waals surface area contributed by atoms with Crippen LogP contribution in [0.15, 0.2) is 17.0 Å². The third-order valence-electron chi connectivity index (χ3n) is 3.22. The fraction of sp³-hybridized carbons (Fsp3) is 0.500. The number of carbonyl (C=O) groups excluding carboxylic acids is 1. The third-order valence-corrected chi connectivity index (χ3v) is 4.11. The maximum Gasteiger partial charge on any atom is 0.260 e. The first-order valence-corrected chi connectivity index (χ1v) is 8.29. The zero-order valence-electron chi connectivity index (χ0n) is 12.8. The van der Waals surface area contributed by atoms with Gasteiger partial charge in [-0.05, 0) is 51.0 Å². The quantitative estimate of drug-likeness (QED) is 0.854. The Morgan fingerprint density at radius 2 is 1.67 bits per heavy atom. The van der Waals surface area contributed by atoms with Gasteiger partial charge in [-0.15, -0.1) is 0 Å². The van der Waals surface area contributed by atoms with Crippen molar-refractivity contribution in [3.8, 4) is 5.75 Å². The highest BCUT2D eigenvalue weighted by Crippen LogP contribution is 2.26. The molecule has 1 rings (SSSR count). The lowest BCUT2D eigenvalue weighted by molar-refractivity contribution is -0.132. The van der Waals surface area contributed by atoms with Gasteiger partial charge in [-0.25, -0.2) is 13.6 Å². The number of primary sulfonamides is 1. The summed E-state index contributed by atoms with van der Waals surface area (Å²) in [6, 6.07) is 2.89. The van der Waals surface area contributed by atoms with Crippen LogP contribution in [0.25, 0.3) is 0 Å². The summed E-state index contributed by atoms with van der Waals surface area (Å²) < 4.78 is 28.3. The summed E-state index contributed by atoms with van der Waals surface area (Å²) in [4.78, 5) is 13.6. The fourth-order valence-corrected chi connectivity index (χ4v) is 2.79. The zero-order chi connectivity index (χ0) is 16.2. The topological polar surface area (TPSA) is 89.7 Å². The van der Waals surface area contributed by atoms with Crippen molar-refractivity contribution in [3.63, 3.8) is 0 Å². The summed E-state index contributed by atoms with van der Waals surface area (Å²) in [6.07, 6.45) is 0. The van der Waals surface area contributed by atoms with E-state index >= 15 is 0 Å². The standard InChI is InChI=1S/C14H22N2O4S/c1-5-16(6-2)13(17)9-20-14-10(3)7-12(8-11(14)4)21(15,18)19/h7-8H,5-6,9H2,1-4H3,(H2,15,18,19). The largest absolute Gasteiger partial charge is 0.483 e. The molecule has 0 atom stereocenters. The molecule has 0 heterocycles. The molecule has 0 saturated carbocycles. The predicted octanol–water partition coefficient (Wildman–Crippen LogP) is 1.20. The molecule has 1 aromatic carbocycles. The molecule has 7 heteroatoms. The molecule has 118 valence electrons. The molecule has 6 nitrogen and oxygen atoms in total. The van der Waals surface area contributed by atoms with Gasteiger partial charge in [0, 0.05) is 13.1 Å². The first-order valence-electron chi connectivity index (χ1n) is 6.75. The van der Waals surface area contributed by atoms with E-state index in [1.807, 2.05) is 13.8 Å². The van der Waals surface area contributed by atoms with E-state index < -0.39 is 10.0 Å². The van der Waals surface area contributed by atoms with Crippen LogP contribution >= 0.6 is 0 Å². The van der Waals surface area contributed by atoms with Crippen LogP contribution in [-0.4, -0.2) is 38.9 Å². The van der Waals surface area contributed by atoms with E-state index in [0.717, 1.165) is 0 Å². The molecule has 0 spiro atoms. The number of amides is 1. The number of benzene rings is 1. The molecule has 1 aromatic rings. The zero-order valence-corrected chi connectivity index (χ0v) is 13.7. The second-order valence-corrected chi connectivity index (χ2v) is 6.35. The van der Waals surface area contributed by atoms with Crippen LogP contribution in [0, 0.1) is 13.8 Å². The molecule has 0 bridgehead atoms. The van der Waals surface area contributed by atoms with Crippen LogP contribution in [0.5, 0.6) is 5.75 Å². The summed E-state index contributed by atoms with van der Waals surface area (Å²) in [5.74, 6) is 0.414. The van der Waals surface area contributed by atoms with Gasteiger partial charge in [0.05, 0.1) is 4.90 Å². The van der Waals surface area contributed by atoms with E-state index in [1.54, 1.807) is 18.7 Å². The molecular weight excluding hydrogens is 292 g/mol. The molecule has 0 saturated heterocycles. The van der Waals surface area contributed by atoms with E-state index in [0.29, 0.717) is 30.0 Å². The maximum absolute atomic E-state index is 11.9. The van der Waals surface area contributed by atoms with E-state index in [1.165, 1.54) is 12.1 Å². The number of hydrogen-bond donors (Lipinski definition) is 1. The Morgan fingerprint density at radius 3 is 2.05 bits per heavy atom. The molecule has 0 aliphatic carbocycles. The van der Waals surface area contributed by atoms with Crippen LogP contribution in [-0.2, 0) is 14.8 Å². The monoisotopic (exact) mass is 314 g/mol. The smallest absolute Gasteiger partial charge is 0.260 e. The van der Waals surface area contributed by atoms with Crippen LogP contribution in [0.4, 0.5) is 0 Å². The molecular formula is C14H22N2O4S. The van der Waals surface area contributed by atoms with Gasteiger partial charge in [0.15, 0.2) is 6.61 Å². The molecule has 0 aromatic heterocycles. The minimum Gasteiger partial charge on any atom is -0.483 e. The Hall–Kier alpha value is -1.60. The van der Waals surface area contributed by atoms with Crippen molar-refractivity contribution in [2.75, 3.05) is 19.7 Å². The summed E-state index contributed by atoms with van der Waals surface area (Å²) >= 11 is 0. The third kappa shape index (κ3) is 4.44. The molecule has 0 unspecified atom stereocenters. The molecule has 0 fully saturated rings. The molecule has 0 radical (unpaired) electrons. The summed E-state index contributed by atoms with van der Waals surface area (Å²) in [6.45, 7) is 8.43. The van der Waals surface area contributed by atoms with Gasteiger partial charge in [0.2, 0.25) is 10.0 Å². The van der Waals surface area contributed by atoms with Crippen molar-refractivity contribution in [2.24, 2.45) is 5.14 Å². The van der Waals surface area contributed by atoms with Crippen molar-refractivity contribution >= 4 is 15.9 Å². The second kappa shape index (κ2) is 6.91. The van der Waals surface area contributed by atoms with Gasteiger partial charge in [-0.2, -0.15) is 0 Å². The summed E-state index contributed by atoms with van der Waals surface area (Å²) in [5.41, 5.74) is 1.26. The number of nitrogens with two attached hydrogens (primary N) is 1. The van der Waals surface area contributed by atoms with Crippen molar-refractivity contribution in [2.45, 2.75) is 32.6 Å². The van der Waals surface area contributed by atoms with Gasteiger partial charge in [-0.3, -0.25) is 4.79 Å². The van der Waals surface area contributed by atoms with Gasteiger partial charge < -0.3 is 9.64 Å². The van der Waals surface area contributed by atoms with Crippen molar-refractivity contribution in [1.82, 2.24) is 4.90 Å². The normalized spacial score (nSPS) is 11.3. The van der Waals surface area contributed by atoms with E-state index in [9.17, 15) is 13.2 Å². The minimum absolute atomic E-state index is 0.0416. The SMILES string of the molecule is CCN(CC)C(=O)COc1c(C)cc(S(N)(=O)=O)cc1C. The Balaban J connectivity index is 2.93. The number of likely N-dealkylation sites (N-methyl/N-ethyl adjacent to an activating group) is 1. The van der Waals surface area contributed by atoms with E-state index in [-0.39, 0.29) is 17.4 Å². The molecule has 1 amide bonds.